The molecule has 1 aliphatic heterocycles. The SMILES string of the molecule is [2H]C([2H])(OP(=O)(O)O)[C@@]1(F)O[C@@]([2H])(n2cc(C=O)c(=O)[nH]c2=S)[C@H](O)[C@@H]1O. The standard InChI is InChI=1S/C10H12FN2O9PS/c11-10(3-21-23(18,19)20)6(16)5(15)8(22-10)13-1-4(2-14)7(17)12-9(13)24/h1-2,5-6,8,15-16H,3H2,(H,12,17,24)(H2,18,19,20)/t5-,6+,8-,10-/m1/s1/i3D2,8D. The van der Waals surface area contributed by atoms with Gasteiger partial charge >= 0.3 is 7.82 Å². The Bertz CT molecular complexity index is 937. The normalized spacial score (nSPS) is 36.0. The van der Waals surface area contributed by atoms with Gasteiger partial charge in [0.2, 0.25) is 0 Å². The second-order valence-electron chi connectivity index (χ2n) is 4.49. The van der Waals surface area contributed by atoms with Gasteiger partial charge in [-0.15, -0.1) is 0 Å². The number of phosphoric ester groups is 1. The topological polar surface area (TPSA) is 171 Å². The summed E-state index contributed by atoms with van der Waals surface area (Å²) in [6.07, 6.45) is -8.04. The third kappa shape index (κ3) is 3.68. The van der Waals surface area contributed by atoms with E-state index in [2.05, 4.69) is 9.26 Å². The van der Waals surface area contributed by atoms with Crippen LogP contribution in [0.5, 0.6) is 0 Å². The predicted molar refractivity (Wildman–Crippen MR) is 75.2 cm³/mol. The lowest BCUT2D eigenvalue weighted by molar-refractivity contribution is -0.204. The predicted octanol–water partition coefficient (Wildman–Crippen LogP) is -1.26. The van der Waals surface area contributed by atoms with Gasteiger partial charge in [-0.1, -0.05) is 0 Å². The van der Waals surface area contributed by atoms with Gasteiger partial charge in [0.1, 0.15) is 18.8 Å². The molecule has 11 nitrogen and oxygen atoms in total. The third-order valence-electron chi connectivity index (χ3n) is 2.82. The Balaban J connectivity index is 2.62. The summed E-state index contributed by atoms with van der Waals surface area (Å²) >= 11 is 4.73. The summed E-state index contributed by atoms with van der Waals surface area (Å²) in [5.41, 5.74) is -1.62. The van der Waals surface area contributed by atoms with Crippen LogP contribution in [0.15, 0.2) is 11.0 Å². The van der Waals surface area contributed by atoms with Gasteiger partial charge in [-0.25, -0.2) is 8.96 Å². The molecule has 1 saturated heterocycles. The van der Waals surface area contributed by atoms with E-state index in [4.69, 9.17) is 26.1 Å². The first-order valence-corrected chi connectivity index (χ1v) is 7.86. The van der Waals surface area contributed by atoms with E-state index in [0.717, 1.165) is 0 Å². The van der Waals surface area contributed by atoms with Gasteiger partial charge in [-0.3, -0.25) is 23.7 Å². The van der Waals surface area contributed by atoms with Crippen LogP contribution in [0.4, 0.5) is 4.39 Å². The molecule has 24 heavy (non-hydrogen) atoms. The molecule has 0 bridgehead atoms. The molecule has 0 amide bonds. The van der Waals surface area contributed by atoms with Crippen LogP contribution in [0, 0.1) is 4.77 Å². The lowest BCUT2D eigenvalue weighted by Gasteiger charge is -2.23. The van der Waals surface area contributed by atoms with Crippen LogP contribution < -0.4 is 5.56 Å². The molecule has 1 aromatic heterocycles. The molecule has 0 aromatic carbocycles. The van der Waals surface area contributed by atoms with E-state index < -0.39 is 54.5 Å². The quantitative estimate of drug-likeness (QED) is 0.233. The maximum Gasteiger partial charge on any atom is 0.469 e. The van der Waals surface area contributed by atoms with Crippen LogP contribution in [-0.2, 0) is 13.8 Å². The molecule has 0 spiro atoms. The van der Waals surface area contributed by atoms with Gasteiger partial charge in [-0.2, -0.15) is 0 Å². The fraction of sp³-hybridized carbons (Fsp3) is 0.500. The van der Waals surface area contributed by atoms with E-state index in [1.807, 2.05) is 4.98 Å². The number of H-pyrrole nitrogens is 1. The summed E-state index contributed by atoms with van der Waals surface area (Å²) in [5, 5.41) is 19.9. The number of halogens is 1. The number of hydrogen-bond donors (Lipinski definition) is 5. The van der Waals surface area contributed by atoms with Crippen LogP contribution in [0.2, 0.25) is 0 Å². The number of nitrogens with zero attached hydrogens (tertiary/aromatic N) is 1. The Labute approximate surface area is 141 Å². The zero-order valence-corrected chi connectivity index (χ0v) is 13.0. The van der Waals surface area contributed by atoms with Crippen molar-refractivity contribution in [3.8, 4) is 0 Å². The van der Waals surface area contributed by atoms with Crippen LogP contribution >= 0.6 is 20.0 Å². The molecule has 1 fully saturated rings. The maximum atomic E-state index is 15.1. The zero-order valence-electron chi connectivity index (χ0n) is 14.3. The number of aromatic nitrogens is 2. The van der Waals surface area contributed by atoms with Crippen molar-refractivity contribution in [2.75, 3.05) is 6.56 Å². The summed E-state index contributed by atoms with van der Waals surface area (Å²) in [4.78, 5) is 41.7. The van der Waals surface area contributed by atoms with E-state index >= 15 is 4.39 Å². The maximum absolute atomic E-state index is 15.1. The monoisotopic (exact) mass is 389 g/mol. The van der Waals surface area contributed by atoms with Gasteiger partial charge in [0.05, 0.1) is 9.68 Å². The van der Waals surface area contributed by atoms with E-state index in [-0.39, 0.29) is 6.29 Å². The van der Waals surface area contributed by atoms with E-state index in [0.29, 0.717) is 10.8 Å². The average molecular weight is 389 g/mol. The van der Waals surface area contributed by atoms with E-state index in [1.54, 1.807) is 0 Å². The van der Waals surface area contributed by atoms with Crippen LogP contribution in [0.1, 0.15) is 20.7 Å². The lowest BCUT2D eigenvalue weighted by Crippen LogP contribution is -2.42. The fourth-order valence-corrected chi connectivity index (χ4v) is 2.22. The average Bonchev–Trinajstić information content (AvgIpc) is 2.68. The molecule has 1 aliphatic rings. The van der Waals surface area contributed by atoms with Crippen LogP contribution in [0.3, 0.4) is 0 Å². The molecule has 2 heterocycles. The minimum Gasteiger partial charge on any atom is -0.385 e. The van der Waals surface area contributed by atoms with Crippen molar-refractivity contribution >= 4 is 26.3 Å². The smallest absolute Gasteiger partial charge is 0.385 e. The first kappa shape index (κ1) is 15.0. The molecule has 1 aromatic rings. The second kappa shape index (κ2) is 6.54. The van der Waals surface area contributed by atoms with Crippen molar-refractivity contribution in [2.24, 2.45) is 0 Å². The highest BCUT2D eigenvalue weighted by Crippen LogP contribution is 2.43. The number of carbonyl (C=O) groups excluding carboxylic acids is 1. The number of aldehydes is 1. The Morgan fingerprint density at radius 1 is 1.67 bits per heavy atom. The number of aliphatic hydroxyl groups excluding tert-OH is 2. The Morgan fingerprint density at radius 3 is 2.83 bits per heavy atom. The summed E-state index contributed by atoms with van der Waals surface area (Å²) < 4.78 is 56.5. The van der Waals surface area contributed by atoms with E-state index in [1.165, 1.54) is 0 Å². The van der Waals surface area contributed by atoms with Gasteiger partial charge < -0.3 is 24.7 Å². The minimum atomic E-state index is -5.64. The van der Waals surface area contributed by atoms with Crippen molar-refractivity contribution in [1.29, 1.82) is 0 Å². The number of nitrogens with one attached hydrogen (secondary N) is 1. The summed E-state index contributed by atoms with van der Waals surface area (Å²) in [6, 6.07) is 0. The van der Waals surface area contributed by atoms with Crippen molar-refractivity contribution in [3.63, 3.8) is 0 Å². The number of carbonyl (C=O) groups is 1. The van der Waals surface area contributed by atoms with E-state index in [9.17, 15) is 24.4 Å². The minimum absolute atomic E-state index is 0.0318. The highest BCUT2D eigenvalue weighted by Gasteiger charge is 2.57. The largest absolute Gasteiger partial charge is 0.469 e. The third-order valence-corrected chi connectivity index (χ3v) is 3.45. The second-order valence-corrected chi connectivity index (χ2v) is 6.04. The van der Waals surface area contributed by atoms with Gasteiger partial charge in [0.25, 0.3) is 11.4 Å². The van der Waals surface area contributed by atoms with Gasteiger partial charge in [0.15, 0.2) is 17.3 Å². The van der Waals surface area contributed by atoms with Gasteiger partial charge in [0, 0.05) is 6.20 Å². The number of aromatic amines is 1. The van der Waals surface area contributed by atoms with Crippen LogP contribution in [0.25, 0.3) is 0 Å². The van der Waals surface area contributed by atoms with Crippen molar-refractivity contribution in [3.05, 3.63) is 26.9 Å². The fourth-order valence-electron chi connectivity index (χ4n) is 1.74. The number of ether oxygens (including phenoxy) is 1. The molecule has 14 heteroatoms. The van der Waals surface area contributed by atoms with Crippen LogP contribution in [-0.4, -0.2) is 60.5 Å². The Kier molecular flexibility index (Phi) is 4.08. The Morgan fingerprint density at radius 2 is 2.29 bits per heavy atom. The highest BCUT2D eigenvalue weighted by atomic mass is 32.1. The number of alkyl halides is 1. The molecular weight excluding hydrogens is 374 g/mol. The van der Waals surface area contributed by atoms with Crippen molar-refractivity contribution < 1.29 is 47.1 Å². The van der Waals surface area contributed by atoms with Crippen molar-refractivity contribution in [1.82, 2.24) is 9.55 Å². The zero-order chi connectivity index (χ0) is 21.0. The number of phosphoric acid groups is 1. The molecule has 0 saturated carbocycles. The highest BCUT2D eigenvalue weighted by molar-refractivity contribution is 7.71. The molecular formula is C10H12FN2O9PS. The molecule has 0 unspecified atom stereocenters. The molecule has 2 rings (SSSR count). The summed E-state index contributed by atoms with van der Waals surface area (Å²) in [6.45, 7) is -4.05. The number of hydrogen-bond acceptors (Lipinski definition) is 8. The number of aliphatic hydroxyl groups is 2. The molecule has 5 N–H and O–H groups in total. The Hall–Kier alpha value is -1.31. The first-order valence-electron chi connectivity index (χ1n) is 7.42. The lowest BCUT2D eigenvalue weighted by atomic mass is 10.1. The first-order chi connectivity index (χ1) is 12.1. The molecule has 0 aliphatic carbocycles. The van der Waals surface area contributed by atoms with Crippen molar-refractivity contribution in [2.45, 2.75) is 24.3 Å². The number of rotatable bonds is 5. The summed E-state index contributed by atoms with van der Waals surface area (Å²) in [5.74, 6) is -4.17. The summed E-state index contributed by atoms with van der Waals surface area (Å²) in [7, 11) is -5.64. The molecule has 4 atom stereocenters. The van der Waals surface area contributed by atoms with Gasteiger partial charge in [-0.05, 0) is 12.2 Å². The molecule has 134 valence electrons. The molecule has 0 radical (unpaired) electrons.